The Kier molecular flexibility index (Phi) is 5.30. The van der Waals surface area contributed by atoms with Crippen LogP contribution in [0.25, 0.3) is 0 Å². The lowest BCUT2D eigenvalue weighted by Crippen LogP contribution is -2.59. The van der Waals surface area contributed by atoms with Gasteiger partial charge < -0.3 is 21.3 Å². The molecule has 0 radical (unpaired) electrons. The highest BCUT2D eigenvalue weighted by atomic mass is 35.5. The zero-order valence-corrected chi connectivity index (χ0v) is 14.7. The number of nitrogens with zero attached hydrogens (tertiary/aromatic N) is 2. The van der Waals surface area contributed by atoms with Crippen molar-refractivity contribution in [1.82, 2.24) is 20.5 Å². The van der Waals surface area contributed by atoms with Crippen LogP contribution in [0.3, 0.4) is 0 Å². The number of nitrogens with two attached hydrogens (primary N) is 1. The van der Waals surface area contributed by atoms with Gasteiger partial charge in [0.1, 0.15) is 11.9 Å². The van der Waals surface area contributed by atoms with Gasteiger partial charge in [0.2, 0.25) is 5.91 Å². The number of thioether (sulfide) groups is 1. The van der Waals surface area contributed by atoms with Gasteiger partial charge in [-0.15, -0.1) is 12.4 Å². The maximum absolute atomic E-state index is 12.0. The van der Waals surface area contributed by atoms with Crippen molar-refractivity contribution in [1.29, 1.82) is 0 Å². The number of aliphatic carboxylic acids is 2. The first kappa shape index (κ1) is 19.5. The second-order valence-electron chi connectivity index (χ2n) is 6.17. The summed E-state index contributed by atoms with van der Waals surface area (Å²) < 4.78 is 0. The minimum absolute atomic E-state index is 0. The Morgan fingerprint density at radius 3 is 2.64 bits per heavy atom. The molecule has 10 nitrogen and oxygen atoms in total. The number of fused-ring (bicyclic) bond motifs is 1. The van der Waals surface area contributed by atoms with Gasteiger partial charge in [0.25, 0.3) is 0 Å². The van der Waals surface area contributed by atoms with Crippen molar-refractivity contribution >= 4 is 42.0 Å². The van der Waals surface area contributed by atoms with E-state index in [1.165, 1.54) is 25.0 Å². The van der Waals surface area contributed by atoms with Gasteiger partial charge in [-0.2, -0.15) is 5.10 Å². The number of nitrogens with one attached hydrogen (secondary N) is 2. The van der Waals surface area contributed by atoms with E-state index in [9.17, 15) is 24.6 Å². The van der Waals surface area contributed by atoms with Crippen LogP contribution >= 0.6 is 24.2 Å². The lowest BCUT2D eigenvalue weighted by atomic mass is 9.89. The average molecular weight is 392 g/mol. The molecule has 0 saturated heterocycles. The number of carbonyl (C=O) groups excluding carboxylic acids is 1. The zero-order valence-electron chi connectivity index (χ0n) is 13.1. The summed E-state index contributed by atoms with van der Waals surface area (Å²) in [6.45, 7) is 1.44. The molecule has 2 aliphatic carbocycles. The highest BCUT2D eigenvalue weighted by Crippen LogP contribution is 2.65. The van der Waals surface area contributed by atoms with Crippen molar-refractivity contribution < 1.29 is 24.6 Å². The second-order valence-corrected chi connectivity index (χ2v) is 7.40. The third-order valence-corrected chi connectivity index (χ3v) is 5.88. The maximum Gasteiger partial charge on any atom is 0.329 e. The van der Waals surface area contributed by atoms with Gasteiger partial charge >= 0.3 is 11.9 Å². The predicted octanol–water partition coefficient (Wildman–Crippen LogP) is -0.675. The quantitative estimate of drug-likeness (QED) is 0.421. The van der Waals surface area contributed by atoms with Crippen molar-refractivity contribution in [3.63, 3.8) is 0 Å². The molecule has 6 atom stereocenters. The number of hydrogen-bond donors (Lipinski definition) is 5. The molecular weight excluding hydrogens is 374 g/mol. The molecule has 1 aromatic rings. The molecule has 1 heterocycles. The zero-order chi connectivity index (χ0) is 17.6. The van der Waals surface area contributed by atoms with E-state index in [0.29, 0.717) is 5.16 Å². The molecule has 3 rings (SSSR count). The van der Waals surface area contributed by atoms with E-state index in [0.717, 1.165) is 0 Å². The van der Waals surface area contributed by atoms with Crippen LogP contribution in [0.5, 0.6) is 0 Å². The smallest absolute Gasteiger partial charge is 0.329 e. The molecule has 5 unspecified atom stereocenters. The molecule has 2 fully saturated rings. The molecule has 138 valence electrons. The summed E-state index contributed by atoms with van der Waals surface area (Å²) in [5.74, 6) is -4.76. The number of aromatic nitrogens is 3. The summed E-state index contributed by atoms with van der Waals surface area (Å²) in [5.41, 5.74) is 3.89. The van der Waals surface area contributed by atoms with Crippen LogP contribution < -0.4 is 11.1 Å². The summed E-state index contributed by atoms with van der Waals surface area (Å²) in [4.78, 5) is 39.4. The maximum atomic E-state index is 12.0. The first-order chi connectivity index (χ1) is 11.3. The number of amides is 1. The molecular formula is C13H18ClN5O5S. The average Bonchev–Trinajstić information content (AvgIpc) is 2.90. The summed E-state index contributed by atoms with van der Waals surface area (Å²) in [7, 11) is 0. The topological polar surface area (TPSA) is 171 Å². The molecule has 25 heavy (non-hydrogen) atoms. The lowest BCUT2D eigenvalue weighted by Gasteiger charge is -2.30. The highest BCUT2D eigenvalue weighted by Gasteiger charge is 2.75. The number of carboxylic acids is 2. The van der Waals surface area contributed by atoms with Gasteiger partial charge in [0.05, 0.1) is 12.0 Å². The Bertz CT molecular complexity index is 686. The minimum Gasteiger partial charge on any atom is -0.481 e. The first-order valence-electron chi connectivity index (χ1n) is 7.33. The molecule has 0 aromatic carbocycles. The van der Waals surface area contributed by atoms with Crippen LogP contribution in [0.2, 0.25) is 0 Å². The molecule has 2 saturated carbocycles. The van der Waals surface area contributed by atoms with E-state index >= 15 is 0 Å². The fraction of sp³-hybridized carbons (Fsp3) is 0.615. The van der Waals surface area contributed by atoms with E-state index in [2.05, 4.69) is 20.5 Å². The molecule has 0 spiro atoms. The summed E-state index contributed by atoms with van der Waals surface area (Å²) in [6, 6.07) is -0.886. The molecule has 0 aliphatic heterocycles. The highest BCUT2D eigenvalue weighted by molar-refractivity contribution is 7.99. The summed E-state index contributed by atoms with van der Waals surface area (Å²) >= 11 is 1.25. The summed E-state index contributed by atoms with van der Waals surface area (Å²) in [5, 5.41) is 28.2. The lowest BCUT2D eigenvalue weighted by molar-refractivity contribution is -0.149. The van der Waals surface area contributed by atoms with E-state index < -0.39 is 41.3 Å². The number of carboxylic acid groups (broad SMARTS) is 2. The monoisotopic (exact) mass is 391 g/mol. The van der Waals surface area contributed by atoms with Crippen molar-refractivity contribution in [2.24, 2.45) is 23.5 Å². The van der Waals surface area contributed by atoms with Crippen LogP contribution in [0.4, 0.5) is 0 Å². The Labute approximate surface area is 152 Å². The van der Waals surface area contributed by atoms with Gasteiger partial charge in [0.15, 0.2) is 5.16 Å². The van der Waals surface area contributed by atoms with Crippen molar-refractivity contribution in [3.05, 3.63) is 6.33 Å². The number of aromatic amines is 1. The fourth-order valence-electron chi connectivity index (χ4n) is 3.61. The van der Waals surface area contributed by atoms with Gasteiger partial charge in [-0.3, -0.25) is 14.7 Å². The number of carbonyl (C=O) groups is 3. The van der Waals surface area contributed by atoms with Crippen molar-refractivity contribution in [2.45, 2.75) is 35.3 Å². The van der Waals surface area contributed by atoms with E-state index in [-0.39, 0.29) is 30.0 Å². The Morgan fingerprint density at radius 2 is 2.16 bits per heavy atom. The Morgan fingerprint density at radius 1 is 1.48 bits per heavy atom. The van der Waals surface area contributed by atoms with E-state index in [1.54, 1.807) is 0 Å². The van der Waals surface area contributed by atoms with Crippen LogP contribution in [-0.4, -0.2) is 60.1 Å². The Balaban J connectivity index is 0.00000225. The van der Waals surface area contributed by atoms with Crippen LogP contribution in [0.1, 0.15) is 13.3 Å². The number of halogens is 1. The predicted molar refractivity (Wildman–Crippen MR) is 88.2 cm³/mol. The summed E-state index contributed by atoms with van der Waals surface area (Å²) in [6.07, 6.45) is 1.42. The fourth-order valence-corrected chi connectivity index (χ4v) is 4.95. The van der Waals surface area contributed by atoms with Gasteiger partial charge in [-0.1, -0.05) is 11.8 Å². The SMILES string of the molecule is C[C@H](N)C(=O)NC1(C(=O)O)CC(Sc2ncn[nH]2)C2C(C(=O)O)C21.Cl. The number of hydrogen-bond acceptors (Lipinski definition) is 7. The normalized spacial score (nSPS) is 33.7. The first-order valence-corrected chi connectivity index (χ1v) is 8.21. The third kappa shape index (κ3) is 3.18. The van der Waals surface area contributed by atoms with Gasteiger partial charge in [0, 0.05) is 11.2 Å². The van der Waals surface area contributed by atoms with E-state index in [4.69, 9.17) is 5.73 Å². The second kappa shape index (κ2) is 6.81. The van der Waals surface area contributed by atoms with Crippen molar-refractivity contribution in [2.75, 3.05) is 0 Å². The molecule has 1 amide bonds. The molecule has 6 N–H and O–H groups in total. The van der Waals surface area contributed by atoms with Crippen molar-refractivity contribution in [3.8, 4) is 0 Å². The van der Waals surface area contributed by atoms with Crippen LogP contribution in [0, 0.1) is 17.8 Å². The molecule has 1 aromatic heterocycles. The number of H-pyrrole nitrogens is 1. The molecule has 0 bridgehead atoms. The largest absolute Gasteiger partial charge is 0.481 e. The van der Waals surface area contributed by atoms with Gasteiger partial charge in [-0.05, 0) is 19.3 Å². The molecule has 12 heteroatoms. The van der Waals surface area contributed by atoms with Crippen LogP contribution in [-0.2, 0) is 14.4 Å². The van der Waals surface area contributed by atoms with Gasteiger partial charge in [-0.25, -0.2) is 9.78 Å². The standard InChI is InChI=1S/C13H17N5O5S.ClH/c1-4(14)9(19)17-13(11(22)23)2-5(24-12-15-3-16-18-12)6-7(8(6)13)10(20)21;/h3-8H,2,14H2,1H3,(H,17,19)(H,20,21)(H,22,23)(H,15,16,18);1H/t4-,5?,6?,7?,8?,13?;/m0./s1. The van der Waals surface area contributed by atoms with E-state index in [1.807, 2.05) is 0 Å². The van der Waals surface area contributed by atoms with Crippen LogP contribution in [0.15, 0.2) is 11.5 Å². The number of rotatable bonds is 6. The Hall–Kier alpha value is -1.85. The third-order valence-electron chi connectivity index (χ3n) is 4.68. The molecule has 2 aliphatic rings. The minimum atomic E-state index is -1.63.